The number of rotatable bonds is 4. The molecule has 0 aliphatic heterocycles. The van der Waals surface area contributed by atoms with Crippen LogP contribution in [0.1, 0.15) is 0 Å². The lowest BCUT2D eigenvalue weighted by Gasteiger charge is -2.18. The molecule has 6 nitrogen and oxygen atoms in total. The molecule has 0 aromatic rings. The zero-order chi connectivity index (χ0) is 12.6. The van der Waals surface area contributed by atoms with Gasteiger partial charge in [0, 0.05) is 34.2 Å². The summed E-state index contributed by atoms with van der Waals surface area (Å²) in [5.41, 5.74) is 0. The molecule has 0 aliphatic carbocycles. The summed E-state index contributed by atoms with van der Waals surface area (Å²) in [4.78, 5) is 25.3. The molecule has 2 N–H and O–H groups in total. The summed E-state index contributed by atoms with van der Waals surface area (Å²) in [6.45, 7) is 1.03. The number of nitrogens with zero attached hydrogens (tertiary/aromatic N) is 2. The van der Waals surface area contributed by atoms with Gasteiger partial charge in [-0.2, -0.15) is 0 Å². The van der Waals surface area contributed by atoms with Crippen LogP contribution < -0.4 is 10.6 Å². The van der Waals surface area contributed by atoms with E-state index >= 15 is 0 Å². The van der Waals surface area contributed by atoms with Crippen molar-refractivity contribution in [2.24, 2.45) is 0 Å². The Morgan fingerprint density at radius 2 is 1.81 bits per heavy atom. The summed E-state index contributed by atoms with van der Waals surface area (Å²) in [5.74, 6) is 2.31. The van der Waals surface area contributed by atoms with Crippen molar-refractivity contribution in [3.05, 3.63) is 0 Å². The Hall–Kier alpha value is -1.90. The smallest absolute Gasteiger partial charge is 0.317 e. The Bertz CT molecular complexity index is 283. The molecule has 0 aliphatic rings. The minimum Gasteiger partial charge on any atom is -0.336 e. The molecule has 0 aromatic heterocycles. The van der Waals surface area contributed by atoms with Crippen LogP contribution in [0, 0.1) is 12.3 Å². The summed E-state index contributed by atoms with van der Waals surface area (Å²) in [7, 11) is 4.94. The largest absolute Gasteiger partial charge is 0.336 e. The van der Waals surface area contributed by atoms with Gasteiger partial charge in [-0.05, 0) is 0 Å². The molecule has 0 spiro atoms. The Balaban J connectivity index is 3.73. The first-order valence-electron chi connectivity index (χ1n) is 4.86. The normalized spacial score (nSPS) is 8.88. The molecule has 0 bridgehead atoms. The Morgan fingerprint density at radius 3 is 2.31 bits per heavy atom. The van der Waals surface area contributed by atoms with E-state index in [4.69, 9.17) is 6.42 Å². The van der Waals surface area contributed by atoms with Crippen molar-refractivity contribution >= 4 is 12.1 Å². The van der Waals surface area contributed by atoms with Crippen molar-refractivity contribution in [3.8, 4) is 12.3 Å². The number of likely N-dealkylation sites (N-methyl/N-ethyl adjacent to an activating group) is 1. The number of hydrogen-bond acceptors (Lipinski definition) is 2. The predicted octanol–water partition coefficient (Wildman–Crippen LogP) is -0.468. The third kappa shape index (κ3) is 5.75. The van der Waals surface area contributed by atoms with Crippen LogP contribution in [-0.2, 0) is 0 Å². The summed E-state index contributed by atoms with van der Waals surface area (Å²) in [6.07, 6.45) is 5.00. The van der Waals surface area contributed by atoms with Gasteiger partial charge in [-0.25, -0.2) is 9.59 Å². The second-order valence-electron chi connectivity index (χ2n) is 3.41. The molecule has 0 heterocycles. The van der Waals surface area contributed by atoms with Crippen LogP contribution >= 0.6 is 0 Å². The van der Waals surface area contributed by atoms with Gasteiger partial charge >= 0.3 is 12.1 Å². The van der Waals surface area contributed by atoms with Gasteiger partial charge in [-0.15, -0.1) is 6.42 Å². The molecule has 0 fully saturated rings. The Kier molecular flexibility index (Phi) is 6.52. The van der Waals surface area contributed by atoms with E-state index in [1.165, 1.54) is 9.80 Å². The SMILES string of the molecule is C#CCNC(=O)N(C)CCNC(=O)N(C)C. The monoisotopic (exact) mass is 226 g/mol. The highest BCUT2D eigenvalue weighted by Crippen LogP contribution is 1.83. The predicted molar refractivity (Wildman–Crippen MR) is 61.9 cm³/mol. The van der Waals surface area contributed by atoms with E-state index in [9.17, 15) is 9.59 Å². The van der Waals surface area contributed by atoms with Crippen LogP contribution in [0.15, 0.2) is 0 Å². The summed E-state index contributed by atoms with van der Waals surface area (Å²) >= 11 is 0. The number of amides is 4. The van der Waals surface area contributed by atoms with Crippen molar-refractivity contribution < 1.29 is 9.59 Å². The fourth-order valence-corrected chi connectivity index (χ4v) is 0.852. The van der Waals surface area contributed by atoms with E-state index in [0.29, 0.717) is 13.1 Å². The van der Waals surface area contributed by atoms with Gasteiger partial charge in [0.2, 0.25) is 0 Å². The lowest BCUT2D eigenvalue weighted by atomic mass is 10.5. The Labute approximate surface area is 96.0 Å². The number of urea groups is 2. The van der Waals surface area contributed by atoms with E-state index in [1.807, 2.05) is 0 Å². The molecule has 0 rings (SSSR count). The second kappa shape index (κ2) is 7.40. The van der Waals surface area contributed by atoms with Gasteiger partial charge in [0.05, 0.1) is 6.54 Å². The Morgan fingerprint density at radius 1 is 1.19 bits per heavy atom. The summed E-state index contributed by atoms with van der Waals surface area (Å²) in [5, 5.41) is 5.17. The van der Waals surface area contributed by atoms with Gasteiger partial charge in [-0.3, -0.25) is 0 Å². The van der Waals surface area contributed by atoms with Gasteiger partial charge in [0.1, 0.15) is 0 Å². The number of carbonyl (C=O) groups is 2. The maximum Gasteiger partial charge on any atom is 0.317 e. The van der Waals surface area contributed by atoms with Crippen LogP contribution in [0.25, 0.3) is 0 Å². The molecule has 0 saturated heterocycles. The van der Waals surface area contributed by atoms with Gasteiger partial charge < -0.3 is 20.4 Å². The zero-order valence-corrected chi connectivity index (χ0v) is 9.91. The highest BCUT2D eigenvalue weighted by atomic mass is 16.2. The fraction of sp³-hybridized carbons (Fsp3) is 0.600. The van der Waals surface area contributed by atoms with Gasteiger partial charge in [-0.1, -0.05) is 5.92 Å². The highest BCUT2D eigenvalue weighted by molar-refractivity contribution is 5.75. The minimum atomic E-state index is -0.253. The third-order valence-electron chi connectivity index (χ3n) is 1.82. The lowest BCUT2D eigenvalue weighted by Crippen LogP contribution is -2.43. The van der Waals surface area contributed by atoms with E-state index < -0.39 is 0 Å². The lowest BCUT2D eigenvalue weighted by molar-refractivity contribution is 0.205. The molecule has 0 radical (unpaired) electrons. The molecule has 6 heteroatoms. The molecule has 0 aromatic carbocycles. The topological polar surface area (TPSA) is 64.7 Å². The molecular formula is C10H18N4O2. The van der Waals surface area contributed by atoms with Crippen LogP contribution in [0.5, 0.6) is 0 Å². The molecular weight excluding hydrogens is 208 g/mol. The summed E-state index contributed by atoms with van der Waals surface area (Å²) in [6, 6.07) is -0.436. The average molecular weight is 226 g/mol. The summed E-state index contributed by atoms with van der Waals surface area (Å²) < 4.78 is 0. The van der Waals surface area contributed by atoms with Crippen LogP contribution in [0.2, 0.25) is 0 Å². The number of terminal acetylenes is 1. The number of hydrogen-bond donors (Lipinski definition) is 2. The maximum atomic E-state index is 11.3. The molecule has 90 valence electrons. The highest BCUT2D eigenvalue weighted by Gasteiger charge is 2.07. The van der Waals surface area contributed by atoms with E-state index in [-0.39, 0.29) is 18.6 Å². The van der Waals surface area contributed by atoms with Crippen molar-refractivity contribution in [3.63, 3.8) is 0 Å². The maximum absolute atomic E-state index is 11.3. The average Bonchev–Trinajstić information content (AvgIpc) is 2.25. The van der Waals surface area contributed by atoms with Gasteiger partial charge in [0.25, 0.3) is 0 Å². The fourth-order valence-electron chi connectivity index (χ4n) is 0.852. The van der Waals surface area contributed by atoms with Crippen LogP contribution in [0.3, 0.4) is 0 Å². The number of carbonyl (C=O) groups excluding carboxylic acids is 2. The second-order valence-corrected chi connectivity index (χ2v) is 3.41. The third-order valence-corrected chi connectivity index (χ3v) is 1.82. The van der Waals surface area contributed by atoms with Crippen molar-refractivity contribution in [2.75, 3.05) is 40.8 Å². The minimum absolute atomic E-state index is 0.183. The zero-order valence-electron chi connectivity index (χ0n) is 9.91. The van der Waals surface area contributed by atoms with Crippen LogP contribution in [0.4, 0.5) is 9.59 Å². The van der Waals surface area contributed by atoms with Gasteiger partial charge in [0.15, 0.2) is 0 Å². The molecule has 16 heavy (non-hydrogen) atoms. The first-order chi connectivity index (χ1) is 7.49. The number of nitrogens with one attached hydrogen (secondary N) is 2. The molecule has 0 saturated carbocycles. The molecule has 0 atom stereocenters. The first kappa shape index (κ1) is 14.1. The van der Waals surface area contributed by atoms with E-state index in [2.05, 4.69) is 16.6 Å². The van der Waals surface area contributed by atoms with Crippen molar-refractivity contribution in [1.82, 2.24) is 20.4 Å². The molecule has 0 unspecified atom stereocenters. The van der Waals surface area contributed by atoms with Crippen molar-refractivity contribution in [1.29, 1.82) is 0 Å². The first-order valence-corrected chi connectivity index (χ1v) is 4.86. The van der Waals surface area contributed by atoms with Crippen molar-refractivity contribution in [2.45, 2.75) is 0 Å². The van der Waals surface area contributed by atoms with E-state index in [0.717, 1.165) is 0 Å². The quantitative estimate of drug-likeness (QED) is 0.637. The van der Waals surface area contributed by atoms with E-state index in [1.54, 1.807) is 21.1 Å². The standard InChI is InChI=1S/C10H18N4O2/c1-5-6-11-10(16)14(4)8-7-12-9(15)13(2)3/h1H,6-8H2,2-4H3,(H,11,16)(H,12,15). The molecule has 4 amide bonds. The van der Waals surface area contributed by atoms with Crippen LogP contribution in [-0.4, -0.2) is 62.6 Å².